The highest BCUT2D eigenvalue weighted by Crippen LogP contribution is 2.39. The highest BCUT2D eigenvalue weighted by Gasteiger charge is 2.44. The first-order chi connectivity index (χ1) is 25.6. The highest BCUT2D eigenvalue weighted by atomic mass is 16.2. The summed E-state index contributed by atoms with van der Waals surface area (Å²) in [5.41, 5.74) is 3.31. The lowest BCUT2D eigenvalue weighted by Crippen LogP contribution is -2.57. The van der Waals surface area contributed by atoms with Gasteiger partial charge < -0.3 is 14.7 Å². The first-order valence-corrected chi connectivity index (χ1v) is 22.6. The van der Waals surface area contributed by atoms with Crippen LogP contribution in [0.2, 0.25) is 0 Å². The van der Waals surface area contributed by atoms with Crippen LogP contribution in [0.5, 0.6) is 0 Å². The molecule has 0 spiro atoms. The Morgan fingerprint density at radius 3 is 1.00 bits per heavy atom. The van der Waals surface area contributed by atoms with Crippen molar-refractivity contribution in [3.8, 4) is 0 Å². The average molecular weight is 811 g/mol. The van der Waals surface area contributed by atoms with Crippen LogP contribution < -0.4 is 0 Å². The van der Waals surface area contributed by atoms with Crippen LogP contribution in [0, 0.1) is 16.2 Å². The van der Waals surface area contributed by atoms with Gasteiger partial charge in [0.05, 0.1) is 0 Å². The van der Waals surface area contributed by atoms with E-state index in [9.17, 15) is 14.4 Å². The molecule has 3 unspecified atom stereocenters. The van der Waals surface area contributed by atoms with Gasteiger partial charge in [0, 0.05) is 71.3 Å². The Morgan fingerprint density at radius 1 is 0.448 bits per heavy atom. The second-order valence-electron chi connectivity index (χ2n) is 25.7. The molecule has 336 valence electrons. The van der Waals surface area contributed by atoms with E-state index in [0.717, 1.165) is 51.4 Å². The molecule has 7 nitrogen and oxygen atoms in total. The minimum absolute atomic E-state index is 0.0362. The molecule has 3 saturated heterocycles. The zero-order valence-corrected chi connectivity index (χ0v) is 42.6. The number of likely N-dealkylation sites (tertiary alicyclic amines) is 3. The van der Waals surface area contributed by atoms with Gasteiger partial charge in [0.1, 0.15) is 0 Å². The molecular weight excluding hydrogens is 717 g/mol. The van der Waals surface area contributed by atoms with E-state index in [-0.39, 0.29) is 43.7 Å². The second kappa shape index (κ2) is 19.1. The number of piperidine rings is 2. The van der Waals surface area contributed by atoms with Crippen LogP contribution in [0.4, 0.5) is 0 Å². The topological polar surface area (TPSA) is 73.8 Å². The van der Waals surface area contributed by atoms with Gasteiger partial charge in [0.2, 0.25) is 17.7 Å². The summed E-state index contributed by atoms with van der Waals surface area (Å²) in [5.74, 6) is 0.972. The van der Waals surface area contributed by atoms with E-state index in [1.165, 1.54) is 11.3 Å². The largest absolute Gasteiger partial charge is 0.334 e. The number of nitrogens with zero attached hydrogens (tertiary/aromatic N) is 4. The van der Waals surface area contributed by atoms with E-state index >= 15 is 0 Å². The van der Waals surface area contributed by atoms with Gasteiger partial charge in [-0.25, -0.2) is 0 Å². The average Bonchev–Trinajstić information content (AvgIpc) is 3.42. The van der Waals surface area contributed by atoms with Crippen LogP contribution in [-0.4, -0.2) is 72.1 Å². The molecule has 0 saturated carbocycles. The summed E-state index contributed by atoms with van der Waals surface area (Å²) in [6.45, 7) is 52.5. The third-order valence-corrected chi connectivity index (χ3v) is 11.6. The molecule has 3 aliphatic heterocycles. The normalized spacial score (nSPS) is 21.8. The van der Waals surface area contributed by atoms with Gasteiger partial charge in [0.15, 0.2) is 0 Å². The van der Waals surface area contributed by atoms with Crippen molar-refractivity contribution in [1.82, 2.24) is 19.7 Å². The van der Waals surface area contributed by atoms with Crippen molar-refractivity contribution in [2.24, 2.45) is 16.2 Å². The van der Waals surface area contributed by atoms with Crippen LogP contribution in [0.1, 0.15) is 229 Å². The lowest BCUT2D eigenvalue weighted by Gasteiger charge is -2.50. The zero-order valence-electron chi connectivity index (χ0n) is 42.6. The Bertz CT molecular complexity index is 1400. The van der Waals surface area contributed by atoms with Gasteiger partial charge in [-0.15, -0.1) is 0 Å². The van der Waals surface area contributed by atoms with Crippen LogP contribution in [0.3, 0.4) is 0 Å². The summed E-state index contributed by atoms with van der Waals surface area (Å²) < 4.78 is 0. The molecule has 3 amide bonds. The van der Waals surface area contributed by atoms with Gasteiger partial charge in [-0.3, -0.25) is 19.4 Å². The first kappa shape index (κ1) is 53.6. The van der Waals surface area contributed by atoms with Gasteiger partial charge in [-0.1, -0.05) is 110 Å². The Labute approximate surface area is 359 Å². The maximum absolute atomic E-state index is 12.0. The van der Waals surface area contributed by atoms with Crippen molar-refractivity contribution in [3.05, 3.63) is 29.6 Å². The lowest BCUT2D eigenvalue weighted by atomic mass is 9.78. The molecule has 3 fully saturated rings. The van der Waals surface area contributed by atoms with Gasteiger partial charge in [0.25, 0.3) is 0 Å². The fraction of sp³-hybridized carbons (Fsp3) is 0.843. The van der Waals surface area contributed by atoms with Gasteiger partial charge >= 0.3 is 0 Å². The number of aromatic nitrogens is 1. The third-order valence-electron chi connectivity index (χ3n) is 11.6. The molecule has 4 rings (SSSR count). The molecule has 1 aromatic heterocycles. The van der Waals surface area contributed by atoms with Crippen molar-refractivity contribution in [3.63, 3.8) is 0 Å². The molecule has 3 aliphatic rings. The SMILES string of the molecule is CC(C)(C)C1CCC(=O)N1C(C)(C)C.CC(C)(C)C1CCCC(=O)N1C(C)(C)C.CC(C)(C)C1CCCC(=O)N1C(C)(C)C.CC(C)(C)c1cccnc1C(C)(C)C. The Hall–Kier alpha value is -2.44. The third kappa shape index (κ3) is 15.5. The van der Waals surface area contributed by atoms with E-state index in [1.54, 1.807) is 0 Å². The quantitative estimate of drug-likeness (QED) is 0.262. The Kier molecular flexibility index (Phi) is 17.6. The summed E-state index contributed by atoms with van der Waals surface area (Å²) in [5, 5.41) is 0. The highest BCUT2D eigenvalue weighted by molar-refractivity contribution is 5.80. The summed E-state index contributed by atoms with van der Waals surface area (Å²) in [6, 6.07) is 5.39. The second-order valence-corrected chi connectivity index (χ2v) is 25.7. The number of amides is 3. The van der Waals surface area contributed by atoms with Crippen LogP contribution in [0.25, 0.3) is 0 Å². The summed E-state index contributed by atoms with van der Waals surface area (Å²) in [7, 11) is 0. The fourth-order valence-electron chi connectivity index (χ4n) is 9.02. The molecule has 4 heterocycles. The van der Waals surface area contributed by atoms with Crippen LogP contribution in [0.15, 0.2) is 18.3 Å². The number of hydrogen-bond acceptors (Lipinski definition) is 4. The maximum atomic E-state index is 12.0. The molecule has 7 heteroatoms. The van der Waals surface area contributed by atoms with Crippen molar-refractivity contribution in [2.45, 2.75) is 263 Å². The molecule has 58 heavy (non-hydrogen) atoms. The number of hydrogen-bond donors (Lipinski definition) is 0. The van der Waals surface area contributed by atoms with E-state index in [4.69, 9.17) is 0 Å². The first-order valence-electron chi connectivity index (χ1n) is 22.6. The van der Waals surface area contributed by atoms with Gasteiger partial charge in [-0.2, -0.15) is 0 Å². The van der Waals surface area contributed by atoms with Crippen molar-refractivity contribution < 1.29 is 14.4 Å². The molecule has 0 radical (unpaired) electrons. The summed E-state index contributed by atoms with van der Waals surface area (Å²) >= 11 is 0. The zero-order chi connectivity index (χ0) is 45.8. The van der Waals surface area contributed by atoms with Gasteiger partial charge in [-0.05, 0) is 128 Å². The molecular formula is C51H94N4O3. The summed E-state index contributed by atoms with van der Waals surface area (Å²) in [6.07, 6.45) is 9.46. The van der Waals surface area contributed by atoms with Crippen molar-refractivity contribution >= 4 is 17.7 Å². The minimum atomic E-state index is -0.0462. The van der Waals surface area contributed by atoms with Crippen LogP contribution in [-0.2, 0) is 25.2 Å². The number of pyridine rings is 1. The van der Waals surface area contributed by atoms with E-state index in [2.05, 4.69) is 192 Å². The maximum Gasteiger partial charge on any atom is 0.223 e. The van der Waals surface area contributed by atoms with E-state index < -0.39 is 0 Å². The molecule has 0 bridgehead atoms. The molecule has 0 aromatic carbocycles. The predicted octanol–water partition coefficient (Wildman–Crippen LogP) is 12.9. The monoisotopic (exact) mass is 811 g/mol. The lowest BCUT2D eigenvalue weighted by molar-refractivity contribution is -0.147. The summed E-state index contributed by atoms with van der Waals surface area (Å²) in [4.78, 5) is 46.7. The van der Waals surface area contributed by atoms with Crippen molar-refractivity contribution in [1.29, 1.82) is 0 Å². The Balaban J connectivity index is 0.000000387. The standard InChI is InChI=1S/2C13H25NO.C13H21N.C12H23NO/c2*1-12(2,3)10-8-7-9-11(15)14(10)13(4,5)6;1-12(2,3)10-8-7-9-14-11(10)13(4,5)6;1-11(2,3)9-7-8-10(14)13(9)12(4,5)6/h2*10H,7-9H2,1-6H3;7-9H,1-6H3;9H,7-8H2,1-6H3. The van der Waals surface area contributed by atoms with Crippen molar-refractivity contribution in [2.75, 3.05) is 0 Å². The molecule has 0 N–H and O–H groups in total. The molecule has 0 aliphatic carbocycles. The molecule has 3 atom stereocenters. The number of carbonyl (C=O) groups excluding carboxylic acids is 3. The molecule has 1 aromatic rings. The minimum Gasteiger partial charge on any atom is -0.334 e. The smallest absolute Gasteiger partial charge is 0.223 e. The Morgan fingerprint density at radius 2 is 0.759 bits per heavy atom. The fourth-order valence-corrected chi connectivity index (χ4v) is 9.02. The number of rotatable bonds is 0. The van der Waals surface area contributed by atoms with E-state index in [1.807, 2.05) is 12.3 Å². The van der Waals surface area contributed by atoms with E-state index in [0.29, 0.717) is 35.8 Å². The predicted molar refractivity (Wildman–Crippen MR) is 248 cm³/mol. The number of carbonyl (C=O) groups is 3. The van der Waals surface area contributed by atoms with Crippen LogP contribution >= 0.6 is 0 Å².